The van der Waals surface area contributed by atoms with E-state index in [2.05, 4.69) is 4.98 Å². The molecule has 0 bridgehead atoms. The highest BCUT2D eigenvalue weighted by Gasteiger charge is 2.11. The van der Waals surface area contributed by atoms with E-state index < -0.39 is 0 Å². The summed E-state index contributed by atoms with van der Waals surface area (Å²) < 4.78 is 3.23. The van der Waals surface area contributed by atoms with Gasteiger partial charge in [-0.15, -0.1) is 0 Å². The van der Waals surface area contributed by atoms with E-state index in [-0.39, 0.29) is 5.69 Å². The molecule has 0 spiro atoms. The van der Waals surface area contributed by atoms with Crippen LogP contribution < -0.4 is 5.69 Å². The van der Waals surface area contributed by atoms with Gasteiger partial charge in [0.1, 0.15) is 0 Å². The van der Waals surface area contributed by atoms with E-state index in [1.54, 1.807) is 22.4 Å². The second kappa shape index (κ2) is 3.59. The Morgan fingerprint density at radius 1 is 1.06 bits per heavy atom. The Hall–Kier alpha value is -2.36. The molecule has 0 amide bonds. The maximum Gasteiger partial charge on any atom is 0.334 e. The van der Waals surface area contributed by atoms with Crippen molar-refractivity contribution in [3.63, 3.8) is 0 Å². The van der Waals surface area contributed by atoms with Gasteiger partial charge in [0, 0.05) is 13.2 Å². The zero-order valence-electron chi connectivity index (χ0n) is 9.37. The lowest BCUT2D eigenvalue weighted by Gasteiger charge is -2.00. The third-order valence-corrected chi connectivity index (χ3v) is 2.83. The molecule has 3 aromatic rings. The van der Waals surface area contributed by atoms with Crippen molar-refractivity contribution in [2.75, 3.05) is 0 Å². The second-order valence-corrected chi connectivity index (χ2v) is 3.86. The molecule has 0 saturated heterocycles. The molecule has 0 atom stereocenters. The average Bonchev–Trinajstić information content (AvgIpc) is 2.64. The summed E-state index contributed by atoms with van der Waals surface area (Å²) in [4.78, 5) is 16.5. The van der Waals surface area contributed by atoms with Gasteiger partial charge in [0.2, 0.25) is 0 Å². The van der Waals surface area contributed by atoms with Crippen molar-refractivity contribution >= 4 is 11.2 Å². The van der Waals surface area contributed by atoms with E-state index in [0.29, 0.717) is 5.65 Å². The minimum atomic E-state index is -0.0788. The third-order valence-electron chi connectivity index (χ3n) is 2.83. The summed E-state index contributed by atoms with van der Waals surface area (Å²) in [5, 5.41) is 0. The van der Waals surface area contributed by atoms with Gasteiger partial charge in [-0.05, 0) is 24.3 Å². The lowest BCUT2D eigenvalue weighted by atomic mass is 10.3. The van der Waals surface area contributed by atoms with Crippen molar-refractivity contribution < 1.29 is 0 Å². The van der Waals surface area contributed by atoms with Gasteiger partial charge in [0.05, 0.1) is 11.2 Å². The van der Waals surface area contributed by atoms with Crippen LogP contribution in [0.4, 0.5) is 0 Å². The first-order valence-corrected chi connectivity index (χ1v) is 5.37. The van der Waals surface area contributed by atoms with Crippen molar-refractivity contribution in [2.24, 2.45) is 7.05 Å². The van der Waals surface area contributed by atoms with Gasteiger partial charge in [-0.1, -0.05) is 18.2 Å². The Balaban J connectivity index is 2.45. The first kappa shape index (κ1) is 9.84. The first-order valence-electron chi connectivity index (χ1n) is 5.37. The fraction of sp³-hybridized carbons (Fsp3) is 0.0769. The Bertz CT molecular complexity index is 725. The number of para-hydroxylation sites is 1. The molecule has 1 aromatic carbocycles. The Morgan fingerprint density at radius 3 is 2.59 bits per heavy atom. The Kier molecular flexibility index (Phi) is 2.08. The zero-order chi connectivity index (χ0) is 11.8. The lowest BCUT2D eigenvalue weighted by Crippen LogP contribution is -2.20. The monoisotopic (exact) mass is 225 g/mol. The van der Waals surface area contributed by atoms with Gasteiger partial charge < -0.3 is 0 Å². The molecule has 0 aliphatic heterocycles. The number of aryl methyl sites for hydroxylation is 1. The molecule has 84 valence electrons. The topological polar surface area (TPSA) is 39.8 Å². The summed E-state index contributed by atoms with van der Waals surface area (Å²) in [6.07, 6.45) is 1.70. The maximum absolute atomic E-state index is 12.2. The van der Waals surface area contributed by atoms with E-state index in [1.807, 2.05) is 42.5 Å². The minimum absolute atomic E-state index is 0.0788. The summed E-state index contributed by atoms with van der Waals surface area (Å²) in [5.41, 5.74) is 2.28. The standard InChI is InChI=1S/C13H11N3O/c1-15-11-8-5-9-14-12(11)16(13(15)17)10-6-3-2-4-7-10/h2-9H,1H3. The van der Waals surface area contributed by atoms with E-state index in [4.69, 9.17) is 0 Å². The number of pyridine rings is 1. The molecule has 0 fully saturated rings. The van der Waals surface area contributed by atoms with Gasteiger partial charge >= 0.3 is 5.69 Å². The summed E-state index contributed by atoms with van der Waals surface area (Å²) in [5.74, 6) is 0. The molecule has 0 unspecified atom stereocenters. The third kappa shape index (κ3) is 1.38. The summed E-state index contributed by atoms with van der Waals surface area (Å²) >= 11 is 0. The summed E-state index contributed by atoms with van der Waals surface area (Å²) in [6.45, 7) is 0. The number of aromatic nitrogens is 3. The second-order valence-electron chi connectivity index (χ2n) is 3.86. The van der Waals surface area contributed by atoms with E-state index >= 15 is 0 Å². The molecule has 0 N–H and O–H groups in total. The molecule has 0 aliphatic carbocycles. The lowest BCUT2D eigenvalue weighted by molar-refractivity contribution is 0.845. The summed E-state index contributed by atoms with van der Waals surface area (Å²) in [7, 11) is 1.76. The van der Waals surface area contributed by atoms with E-state index in [1.165, 1.54) is 0 Å². The molecule has 0 aliphatic rings. The highest BCUT2D eigenvalue weighted by molar-refractivity contribution is 5.73. The predicted octanol–water partition coefficient (Wildman–Crippen LogP) is 1.72. The van der Waals surface area contributed by atoms with Crippen LogP contribution in [0.25, 0.3) is 16.9 Å². The predicted molar refractivity (Wildman–Crippen MR) is 66.3 cm³/mol. The largest absolute Gasteiger partial charge is 0.334 e. The van der Waals surface area contributed by atoms with Gasteiger partial charge in [0.15, 0.2) is 5.65 Å². The number of imidazole rings is 1. The van der Waals surface area contributed by atoms with Crippen molar-refractivity contribution in [3.05, 3.63) is 59.1 Å². The van der Waals surface area contributed by atoms with E-state index in [9.17, 15) is 4.79 Å². The molecule has 4 nitrogen and oxygen atoms in total. The fourth-order valence-electron chi connectivity index (χ4n) is 1.98. The van der Waals surface area contributed by atoms with Crippen LogP contribution in [0.15, 0.2) is 53.5 Å². The average molecular weight is 225 g/mol. The van der Waals surface area contributed by atoms with Gasteiger partial charge in [0.25, 0.3) is 0 Å². The van der Waals surface area contributed by atoms with Crippen molar-refractivity contribution in [1.82, 2.24) is 14.1 Å². The van der Waals surface area contributed by atoms with Gasteiger partial charge in [-0.2, -0.15) is 0 Å². The first-order chi connectivity index (χ1) is 8.29. The highest BCUT2D eigenvalue weighted by atomic mass is 16.1. The molecule has 4 heteroatoms. The maximum atomic E-state index is 12.2. The van der Waals surface area contributed by atoms with Crippen LogP contribution in [0.3, 0.4) is 0 Å². The molecule has 0 radical (unpaired) electrons. The Labute approximate surface area is 97.8 Å². The Morgan fingerprint density at radius 2 is 1.82 bits per heavy atom. The van der Waals surface area contributed by atoms with Crippen LogP contribution in [-0.2, 0) is 7.05 Å². The molecule has 3 rings (SSSR count). The molecular formula is C13H11N3O. The highest BCUT2D eigenvalue weighted by Crippen LogP contribution is 2.13. The van der Waals surface area contributed by atoms with Gasteiger partial charge in [-0.25, -0.2) is 14.3 Å². The number of rotatable bonds is 1. The van der Waals surface area contributed by atoms with Crippen LogP contribution in [0.2, 0.25) is 0 Å². The number of hydrogen-bond donors (Lipinski definition) is 0. The molecule has 17 heavy (non-hydrogen) atoms. The molecule has 2 heterocycles. The van der Waals surface area contributed by atoms with Crippen LogP contribution >= 0.6 is 0 Å². The van der Waals surface area contributed by atoms with Crippen LogP contribution in [0.1, 0.15) is 0 Å². The number of fused-ring (bicyclic) bond motifs is 1. The molecular weight excluding hydrogens is 214 g/mol. The van der Waals surface area contributed by atoms with Crippen molar-refractivity contribution in [2.45, 2.75) is 0 Å². The van der Waals surface area contributed by atoms with Crippen molar-refractivity contribution in [3.8, 4) is 5.69 Å². The normalized spacial score (nSPS) is 10.9. The number of nitrogens with zero attached hydrogens (tertiary/aromatic N) is 3. The van der Waals surface area contributed by atoms with E-state index in [0.717, 1.165) is 11.2 Å². The summed E-state index contributed by atoms with van der Waals surface area (Å²) in [6, 6.07) is 13.3. The number of benzene rings is 1. The smallest absolute Gasteiger partial charge is 0.293 e. The fourth-order valence-corrected chi connectivity index (χ4v) is 1.98. The minimum Gasteiger partial charge on any atom is -0.293 e. The zero-order valence-corrected chi connectivity index (χ0v) is 9.37. The SMILES string of the molecule is Cn1c(=O)n(-c2ccccc2)c2ncccc21. The van der Waals surface area contributed by atoms with Crippen molar-refractivity contribution in [1.29, 1.82) is 0 Å². The quantitative estimate of drug-likeness (QED) is 0.632. The van der Waals surface area contributed by atoms with Crippen LogP contribution in [0, 0.1) is 0 Å². The van der Waals surface area contributed by atoms with Crippen LogP contribution in [0.5, 0.6) is 0 Å². The molecule has 2 aromatic heterocycles. The van der Waals surface area contributed by atoms with Gasteiger partial charge in [-0.3, -0.25) is 4.57 Å². The number of hydrogen-bond acceptors (Lipinski definition) is 2. The van der Waals surface area contributed by atoms with Crippen LogP contribution in [-0.4, -0.2) is 14.1 Å². The molecule has 0 saturated carbocycles.